The summed E-state index contributed by atoms with van der Waals surface area (Å²) in [5.41, 5.74) is 2.97. The lowest BCUT2D eigenvalue weighted by Gasteiger charge is -2.24. The van der Waals surface area contributed by atoms with Crippen LogP contribution in [0.2, 0.25) is 0 Å². The summed E-state index contributed by atoms with van der Waals surface area (Å²) in [7, 11) is 1.76. The summed E-state index contributed by atoms with van der Waals surface area (Å²) in [6.07, 6.45) is 1.08. The van der Waals surface area contributed by atoms with Gasteiger partial charge < -0.3 is 9.47 Å². The zero-order valence-corrected chi connectivity index (χ0v) is 14.1. The third-order valence-electron chi connectivity index (χ3n) is 4.85. The molecule has 2 aromatic carbocycles. The van der Waals surface area contributed by atoms with E-state index in [2.05, 4.69) is 4.98 Å². The second-order valence-electron chi connectivity index (χ2n) is 6.41. The summed E-state index contributed by atoms with van der Waals surface area (Å²) in [4.78, 5) is 31.7. The maximum absolute atomic E-state index is 12.8. The number of carbonyl (C=O) groups is 1. The van der Waals surface area contributed by atoms with Crippen molar-refractivity contribution in [3.63, 3.8) is 0 Å². The predicted molar refractivity (Wildman–Crippen MR) is 96.0 cm³/mol. The largest absolute Gasteiger partial charge is 0.330 e. The lowest BCUT2D eigenvalue weighted by molar-refractivity contribution is -0.129. The molecule has 0 bridgehead atoms. The molecular weight excluding hydrogens is 314 g/mol. The standard InChI is InChI=1S/C20H19N3O2/c1-22-16-10-6-5-9-15(16)21-19(20(22)25)17-11-12-18(24)23(17)13-14-7-3-2-4-8-14/h2-10,17H,11-13H2,1H3/t17-/m1/s1. The van der Waals surface area contributed by atoms with Gasteiger partial charge in [-0.15, -0.1) is 0 Å². The molecule has 1 aromatic heterocycles. The molecule has 5 heteroatoms. The molecule has 1 fully saturated rings. The fourth-order valence-electron chi connectivity index (χ4n) is 3.51. The van der Waals surface area contributed by atoms with Crippen LogP contribution in [0.3, 0.4) is 0 Å². The van der Waals surface area contributed by atoms with Crippen LogP contribution < -0.4 is 5.56 Å². The molecule has 1 saturated heterocycles. The fourth-order valence-corrected chi connectivity index (χ4v) is 3.51. The zero-order valence-electron chi connectivity index (χ0n) is 14.1. The van der Waals surface area contributed by atoms with E-state index in [9.17, 15) is 9.59 Å². The Morgan fingerprint density at radius 3 is 2.56 bits per heavy atom. The second-order valence-corrected chi connectivity index (χ2v) is 6.41. The first-order valence-corrected chi connectivity index (χ1v) is 8.44. The van der Waals surface area contributed by atoms with E-state index in [1.807, 2.05) is 54.6 Å². The molecule has 0 N–H and O–H groups in total. The molecule has 0 spiro atoms. The Morgan fingerprint density at radius 2 is 1.76 bits per heavy atom. The molecule has 0 unspecified atom stereocenters. The van der Waals surface area contributed by atoms with Gasteiger partial charge in [0.15, 0.2) is 0 Å². The first-order valence-electron chi connectivity index (χ1n) is 8.44. The smallest absolute Gasteiger partial charge is 0.274 e. The summed E-state index contributed by atoms with van der Waals surface area (Å²) in [6.45, 7) is 0.502. The molecule has 3 aromatic rings. The number of likely N-dealkylation sites (tertiary alicyclic amines) is 1. The van der Waals surface area contributed by atoms with E-state index in [-0.39, 0.29) is 17.5 Å². The number of para-hydroxylation sites is 2. The summed E-state index contributed by atoms with van der Waals surface area (Å²) in [6, 6.07) is 17.2. The number of hydrogen-bond donors (Lipinski definition) is 0. The van der Waals surface area contributed by atoms with E-state index in [4.69, 9.17) is 0 Å². The number of nitrogens with zero attached hydrogens (tertiary/aromatic N) is 3. The van der Waals surface area contributed by atoms with Crippen LogP contribution in [0.1, 0.15) is 30.1 Å². The maximum atomic E-state index is 12.8. The topological polar surface area (TPSA) is 55.2 Å². The van der Waals surface area contributed by atoms with Crippen LogP contribution in [-0.2, 0) is 18.4 Å². The van der Waals surface area contributed by atoms with Gasteiger partial charge in [0.1, 0.15) is 5.69 Å². The number of aromatic nitrogens is 2. The first-order chi connectivity index (χ1) is 12.1. The molecule has 0 saturated carbocycles. The minimum Gasteiger partial charge on any atom is -0.330 e. The Labute approximate surface area is 145 Å². The van der Waals surface area contributed by atoms with Gasteiger partial charge in [-0.25, -0.2) is 4.98 Å². The van der Waals surface area contributed by atoms with Gasteiger partial charge in [0.25, 0.3) is 5.56 Å². The lowest BCUT2D eigenvalue weighted by atomic mass is 10.1. The van der Waals surface area contributed by atoms with E-state index in [1.54, 1.807) is 16.5 Å². The van der Waals surface area contributed by atoms with Crippen LogP contribution in [-0.4, -0.2) is 20.4 Å². The predicted octanol–water partition coefficient (Wildman–Crippen LogP) is 2.80. The molecule has 0 aliphatic carbocycles. The average Bonchev–Trinajstić information content (AvgIpc) is 2.99. The Bertz CT molecular complexity index is 995. The van der Waals surface area contributed by atoms with Crippen LogP contribution in [0, 0.1) is 0 Å². The highest BCUT2D eigenvalue weighted by atomic mass is 16.2. The van der Waals surface area contributed by atoms with Crippen molar-refractivity contribution in [2.45, 2.75) is 25.4 Å². The Kier molecular flexibility index (Phi) is 3.84. The van der Waals surface area contributed by atoms with Crippen molar-refractivity contribution >= 4 is 16.9 Å². The number of fused-ring (bicyclic) bond motifs is 1. The lowest BCUT2D eigenvalue weighted by Crippen LogP contribution is -2.33. The monoisotopic (exact) mass is 333 g/mol. The van der Waals surface area contributed by atoms with Gasteiger partial charge in [0, 0.05) is 20.0 Å². The number of rotatable bonds is 3. The molecule has 1 amide bonds. The minimum atomic E-state index is -0.268. The maximum Gasteiger partial charge on any atom is 0.274 e. The van der Waals surface area contributed by atoms with Crippen LogP contribution in [0.15, 0.2) is 59.4 Å². The summed E-state index contributed by atoms with van der Waals surface area (Å²) >= 11 is 0. The molecule has 0 radical (unpaired) electrons. The Morgan fingerprint density at radius 1 is 1.04 bits per heavy atom. The average molecular weight is 333 g/mol. The number of benzene rings is 2. The Hall–Kier alpha value is -2.95. The van der Waals surface area contributed by atoms with Gasteiger partial charge in [0.2, 0.25) is 5.91 Å². The van der Waals surface area contributed by atoms with Crippen LogP contribution in [0.25, 0.3) is 11.0 Å². The Balaban J connectivity index is 1.77. The normalized spacial score (nSPS) is 17.4. The number of amides is 1. The number of carbonyl (C=O) groups excluding carboxylic acids is 1. The quantitative estimate of drug-likeness (QED) is 0.740. The molecule has 2 heterocycles. The van der Waals surface area contributed by atoms with Gasteiger partial charge in [-0.3, -0.25) is 9.59 Å². The highest BCUT2D eigenvalue weighted by Gasteiger charge is 2.35. The minimum absolute atomic E-state index is 0.0749. The third-order valence-corrected chi connectivity index (χ3v) is 4.85. The molecule has 4 rings (SSSR count). The molecular formula is C20H19N3O2. The van der Waals surface area contributed by atoms with Gasteiger partial charge in [-0.2, -0.15) is 0 Å². The molecule has 25 heavy (non-hydrogen) atoms. The van der Waals surface area contributed by atoms with Crippen LogP contribution in [0.5, 0.6) is 0 Å². The van der Waals surface area contributed by atoms with E-state index < -0.39 is 0 Å². The summed E-state index contributed by atoms with van der Waals surface area (Å²) in [5.74, 6) is 0.0749. The van der Waals surface area contributed by atoms with Crippen molar-refractivity contribution in [1.29, 1.82) is 0 Å². The van der Waals surface area contributed by atoms with E-state index in [0.29, 0.717) is 25.1 Å². The molecule has 1 aliphatic rings. The highest BCUT2D eigenvalue weighted by Crippen LogP contribution is 2.32. The number of hydrogen-bond acceptors (Lipinski definition) is 3. The summed E-state index contributed by atoms with van der Waals surface area (Å²) < 4.78 is 1.63. The SMILES string of the molecule is Cn1c(=O)c([C@H]2CCC(=O)N2Cc2ccccc2)nc2ccccc21. The van der Waals surface area contributed by atoms with E-state index in [0.717, 1.165) is 16.6 Å². The van der Waals surface area contributed by atoms with Gasteiger partial charge in [-0.05, 0) is 24.1 Å². The van der Waals surface area contributed by atoms with Crippen molar-refractivity contribution in [1.82, 2.24) is 14.5 Å². The third kappa shape index (κ3) is 2.71. The second kappa shape index (κ2) is 6.16. The van der Waals surface area contributed by atoms with E-state index >= 15 is 0 Å². The van der Waals surface area contributed by atoms with Crippen molar-refractivity contribution < 1.29 is 4.79 Å². The van der Waals surface area contributed by atoms with Crippen molar-refractivity contribution in [3.8, 4) is 0 Å². The zero-order chi connectivity index (χ0) is 17.4. The van der Waals surface area contributed by atoms with Crippen LogP contribution in [0.4, 0.5) is 0 Å². The first kappa shape index (κ1) is 15.6. The van der Waals surface area contributed by atoms with Gasteiger partial charge >= 0.3 is 0 Å². The summed E-state index contributed by atoms with van der Waals surface area (Å²) in [5, 5.41) is 0. The number of aryl methyl sites for hydroxylation is 1. The van der Waals surface area contributed by atoms with Crippen LogP contribution >= 0.6 is 0 Å². The van der Waals surface area contributed by atoms with Crippen molar-refractivity contribution in [3.05, 3.63) is 76.2 Å². The fraction of sp³-hybridized carbons (Fsp3) is 0.250. The highest BCUT2D eigenvalue weighted by molar-refractivity contribution is 5.79. The van der Waals surface area contributed by atoms with Gasteiger partial charge in [0.05, 0.1) is 17.1 Å². The molecule has 1 atom stereocenters. The van der Waals surface area contributed by atoms with E-state index in [1.165, 1.54) is 0 Å². The molecule has 126 valence electrons. The molecule has 1 aliphatic heterocycles. The van der Waals surface area contributed by atoms with Crippen molar-refractivity contribution in [2.24, 2.45) is 7.05 Å². The van der Waals surface area contributed by atoms with Gasteiger partial charge in [-0.1, -0.05) is 42.5 Å². The molecule has 5 nitrogen and oxygen atoms in total. The van der Waals surface area contributed by atoms with Crippen molar-refractivity contribution in [2.75, 3.05) is 0 Å².